The van der Waals surface area contributed by atoms with Gasteiger partial charge < -0.3 is 15.5 Å². The van der Waals surface area contributed by atoms with Gasteiger partial charge in [-0.05, 0) is 44.1 Å². The zero-order chi connectivity index (χ0) is 19.7. The highest BCUT2D eigenvalue weighted by Gasteiger charge is 2.36. The van der Waals surface area contributed by atoms with Crippen LogP contribution < -0.4 is 11.1 Å². The van der Waals surface area contributed by atoms with Crippen LogP contribution in [0.4, 0.5) is 0 Å². The van der Waals surface area contributed by atoms with Crippen LogP contribution in [0, 0.1) is 0 Å². The summed E-state index contributed by atoms with van der Waals surface area (Å²) in [6, 6.07) is 0. The van der Waals surface area contributed by atoms with Crippen LogP contribution in [-0.2, 0) is 4.43 Å². The lowest BCUT2D eigenvalue weighted by molar-refractivity contribution is 0.285. The Morgan fingerprint density at radius 3 is 1.54 bits per heavy atom. The Hall–Kier alpha value is 0.0969. The highest BCUT2D eigenvalue weighted by atomic mass is 28.4. The second kappa shape index (κ2) is 16.1. The SMILES string of the molecule is CC(C)(C)[Si](C)(C)OCCNCCCCCCCCCCCCCCN. The summed E-state index contributed by atoms with van der Waals surface area (Å²) in [5, 5.41) is 3.86. The van der Waals surface area contributed by atoms with Crippen molar-refractivity contribution < 1.29 is 4.43 Å². The van der Waals surface area contributed by atoms with Crippen molar-refractivity contribution in [2.75, 3.05) is 26.2 Å². The molecule has 0 amide bonds. The Balaban J connectivity index is 3.21. The second-order valence-corrected chi connectivity index (χ2v) is 14.2. The minimum Gasteiger partial charge on any atom is -0.416 e. The number of nitrogens with two attached hydrogens (primary N) is 1. The standard InChI is InChI=1S/C22H50N2OSi/c1-22(2,3)26(4,5)25-21-20-24-19-17-15-13-11-9-7-6-8-10-12-14-16-18-23/h24H,6-21,23H2,1-5H3. The third kappa shape index (κ3) is 15.2. The molecule has 0 atom stereocenters. The fourth-order valence-corrected chi connectivity index (χ4v) is 3.93. The molecule has 0 saturated carbocycles. The van der Waals surface area contributed by atoms with E-state index in [0.717, 1.165) is 26.2 Å². The zero-order valence-electron chi connectivity index (χ0n) is 18.8. The molecule has 0 saturated heterocycles. The van der Waals surface area contributed by atoms with E-state index in [1.54, 1.807) is 0 Å². The van der Waals surface area contributed by atoms with Crippen molar-refractivity contribution in [2.24, 2.45) is 5.73 Å². The second-order valence-electron chi connectivity index (χ2n) is 9.39. The molecule has 0 bridgehead atoms. The lowest BCUT2D eigenvalue weighted by Gasteiger charge is -2.36. The van der Waals surface area contributed by atoms with E-state index in [2.05, 4.69) is 39.2 Å². The summed E-state index contributed by atoms with van der Waals surface area (Å²) >= 11 is 0. The molecule has 0 spiro atoms. The Kier molecular flexibility index (Phi) is 16.1. The molecule has 158 valence electrons. The summed E-state index contributed by atoms with van der Waals surface area (Å²) in [5.74, 6) is 0. The van der Waals surface area contributed by atoms with Gasteiger partial charge in [0.05, 0.1) is 0 Å². The predicted octanol–water partition coefficient (Wildman–Crippen LogP) is 6.24. The van der Waals surface area contributed by atoms with Crippen molar-refractivity contribution in [1.29, 1.82) is 0 Å². The van der Waals surface area contributed by atoms with E-state index in [1.165, 1.54) is 77.0 Å². The van der Waals surface area contributed by atoms with Crippen molar-refractivity contribution in [2.45, 2.75) is 116 Å². The van der Waals surface area contributed by atoms with Gasteiger partial charge in [0.25, 0.3) is 0 Å². The summed E-state index contributed by atoms with van der Waals surface area (Å²) in [6.45, 7) is 15.4. The molecule has 26 heavy (non-hydrogen) atoms. The molecule has 0 rings (SSSR count). The van der Waals surface area contributed by atoms with Gasteiger partial charge in [-0.2, -0.15) is 0 Å². The van der Waals surface area contributed by atoms with Crippen molar-refractivity contribution in [3.8, 4) is 0 Å². The van der Waals surface area contributed by atoms with Crippen LogP contribution in [0.15, 0.2) is 0 Å². The van der Waals surface area contributed by atoms with E-state index in [-0.39, 0.29) is 0 Å². The van der Waals surface area contributed by atoms with Crippen LogP contribution in [0.25, 0.3) is 0 Å². The van der Waals surface area contributed by atoms with Gasteiger partial charge in [0, 0.05) is 13.2 Å². The molecular weight excluding hydrogens is 336 g/mol. The van der Waals surface area contributed by atoms with Crippen LogP contribution in [0.3, 0.4) is 0 Å². The third-order valence-electron chi connectivity index (χ3n) is 5.86. The summed E-state index contributed by atoms with van der Waals surface area (Å²) in [6.07, 6.45) is 16.5. The molecule has 4 heteroatoms. The zero-order valence-corrected chi connectivity index (χ0v) is 19.8. The monoisotopic (exact) mass is 386 g/mol. The van der Waals surface area contributed by atoms with Gasteiger partial charge >= 0.3 is 0 Å². The molecule has 3 nitrogen and oxygen atoms in total. The van der Waals surface area contributed by atoms with Gasteiger partial charge in [0.15, 0.2) is 8.32 Å². The number of nitrogens with one attached hydrogen (secondary N) is 1. The first-order valence-corrected chi connectivity index (χ1v) is 14.3. The molecular formula is C22H50N2OSi. The summed E-state index contributed by atoms with van der Waals surface area (Å²) in [4.78, 5) is 0. The number of rotatable bonds is 18. The average molecular weight is 387 g/mol. The van der Waals surface area contributed by atoms with E-state index < -0.39 is 8.32 Å². The maximum absolute atomic E-state index is 6.18. The maximum Gasteiger partial charge on any atom is 0.192 e. The lowest BCUT2D eigenvalue weighted by Crippen LogP contribution is -2.42. The molecule has 0 aromatic carbocycles. The summed E-state index contributed by atoms with van der Waals surface area (Å²) in [7, 11) is -1.56. The quantitative estimate of drug-likeness (QED) is 0.216. The van der Waals surface area contributed by atoms with E-state index in [4.69, 9.17) is 10.2 Å². The van der Waals surface area contributed by atoms with E-state index >= 15 is 0 Å². The molecule has 0 aliphatic carbocycles. The molecule has 0 heterocycles. The van der Waals surface area contributed by atoms with E-state index in [1.807, 2.05) is 0 Å². The maximum atomic E-state index is 6.18. The van der Waals surface area contributed by atoms with Crippen LogP contribution in [0.2, 0.25) is 18.1 Å². The number of unbranched alkanes of at least 4 members (excludes halogenated alkanes) is 11. The van der Waals surface area contributed by atoms with Crippen LogP contribution >= 0.6 is 0 Å². The first-order valence-electron chi connectivity index (χ1n) is 11.4. The van der Waals surface area contributed by atoms with Crippen LogP contribution in [0.1, 0.15) is 97.8 Å². The third-order valence-corrected chi connectivity index (χ3v) is 10.4. The lowest BCUT2D eigenvalue weighted by atomic mass is 10.1. The summed E-state index contributed by atoms with van der Waals surface area (Å²) < 4.78 is 6.18. The summed E-state index contributed by atoms with van der Waals surface area (Å²) in [5.41, 5.74) is 5.51. The van der Waals surface area contributed by atoms with Gasteiger partial charge in [-0.25, -0.2) is 0 Å². The van der Waals surface area contributed by atoms with Gasteiger partial charge in [-0.15, -0.1) is 0 Å². The van der Waals surface area contributed by atoms with E-state index in [0.29, 0.717) is 5.04 Å². The predicted molar refractivity (Wildman–Crippen MR) is 120 cm³/mol. The van der Waals surface area contributed by atoms with Gasteiger partial charge in [-0.1, -0.05) is 85.0 Å². The first-order chi connectivity index (χ1) is 12.3. The average Bonchev–Trinajstić information content (AvgIpc) is 2.56. The molecule has 0 unspecified atom stereocenters. The smallest absolute Gasteiger partial charge is 0.192 e. The van der Waals surface area contributed by atoms with Gasteiger partial charge in [-0.3, -0.25) is 0 Å². The Labute approximate surface area is 166 Å². The normalized spacial score (nSPS) is 12.7. The highest BCUT2D eigenvalue weighted by molar-refractivity contribution is 6.74. The van der Waals surface area contributed by atoms with Gasteiger partial charge in [0.1, 0.15) is 0 Å². The molecule has 0 aromatic heterocycles. The Morgan fingerprint density at radius 2 is 1.12 bits per heavy atom. The minimum absolute atomic E-state index is 0.317. The molecule has 0 aliphatic heterocycles. The Bertz CT molecular complexity index is 303. The minimum atomic E-state index is -1.56. The van der Waals surface area contributed by atoms with Crippen molar-refractivity contribution in [1.82, 2.24) is 5.32 Å². The van der Waals surface area contributed by atoms with Crippen molar-refractivity contribution in [3.05, 3.63) is 0 Å². The van der Waals surface area contributed by atoms with Crippen molar-refractivity contribution in [3.63, 3.8) is 0 Å². The van der Waals surface area contributed by atoms with E-state index in [9.17, 15) is 0 Å². The van der Waals surface area contributed by atoms with Crippen LogP contribution in [0.5, 0.6) is 0 Å². The molecule has 0 aliphatic rings. The fourth-order valence-electron chi connectivity index (χ4n) is 2.88. The number of hydrogen-bond acceptors (Lipinski definition) is 3. The van der Waals surface area contributed by atoms with Crippen LogP contribution in [-0.4, -0.2) is 34.6 Å². The number of hydrogen-bond donors (Lipinski definition) is 2. The topological polar surface area (TPSA) is 47.3 Å². The first kappa shape index (κ1) is 26.1. The molecule has 0 fully saturated rings. The Morgan fingerprint density at radius 1 is 0.692 bits per heavy atom. The molecule has 3 N–H and O–H groups in total. The molecule has 0 aromatic rings. The van der Waals surface area contributed by atoms with Gasteiger partial charge in [0.2, 0.25) is 0 Å². The molecule has 0 radical (unpaired) electrons. The highest BCUT2D eigenvalue weighted by Crippen LogP contribution is 2.36. The largest absolute Gasteiger partial charge is 0.416 e. The van der Waals surface area contributed by atoms with Crippen molar-refractivity contribution >= 4 is 8.32 Å². The fraction of sp³-hybridized carbons (Fsp3) is 1.00.